The van der Waals surface area contributed by atoms with E-state index in [1.807, 2.05) is 24.3 Å². The number of hydrogen-bond donors (Lipinski definition) is 1. The van der Waals surface area contributed by atoms with Crippen molar-refractivity contribution in [3.63, 3.8) is 0 Å². The fraction of sp³-hybridized carbons (Fsp3) is 0.474. The van der Waals surface area contributed by atoms with Gasteiger partial charge in [-0.05, 0) is 57.2 Å². The average molecular weight is 379 g/mol. The number of rotatable bonds is 5. The van der Waals surface area contributed by atoms with E-state index in [1.165, 1.54) is 0 Å². The molecule has 0 aromatic heterocycles. The summed E-state index contributed by atoms with van der Waals surface area (Å²) in [7, 11) is 0. The van der Waals surface area contributed by atoms with Crippen molar-refractivity contribution in [2.45, 2.75) is 45.1 Å². The van der Waals surface area contributed by atoms with E-state index in [-0.39, 0.29) is 5.97 Å². The van der Waals surface area contributed by atoms with Crippen LogP contribution >= 0.6 is 15.9 Å². The molecule has 0 radical (unpaired) electrons. The van der Waals surface area contributed by atoms with Gasteiger partial charge in [-0.15, -0.1) is 5.73 Å². The lowest BCUT2D eigenvalue weighted by Crippen LogP contribution is -2.52. The smallest absolute Gasteiger partial charge is 0.315 e. The second kappa shape index (κ2) is 7.04. The lowest BCUT2D eigenvalue weighted by molar-refractivity contribution is -0.167. The Kier molecular flexibility index (Phi) is 5.51. The summed E-state index contributed by atoms with van der Waals surface area (Å²) < 4.78 is 6.33. The molecule has 1 aliphatic rings. The molecule has 23 heavy (non-hydrogen) atoms. The number of aliphatic hydroxyl groups is 1. The van der Waals surface area contributed by atoms with Gasteiger partial charge < -0.3 is 9.84 Å². The minimum absolute atomic E-state index is 0.299. The van der Waals surface area contributed by atoms with Gasteiger partial charge in [-0.1, -0.05) is 34.6 Å². The summed E-state index contributed by atoms with van der Waals surface area (Å²) in [5, 5.41) is 11.3. The van der Waals surface area contributed by atoms with Crippen LogP contribution < -0.4 is 0 Å². The predicted octanol–water partition coefficient (Wildman–Crippen LogP) is 4.19. The summed E-state index contributed by atoms with van der Waals surface area (Å²) in [6.45, 7) is 7.53. The van der Waals surface area contributed by atoms with Crippen LogP contribution in [0.1, 0.15) is 38.7 Å². The van der Waals surface area contributed by atoms with E-state index in [0.29, 0.717) is 31.4 Å². The van der Waals surface area contributed by atoms with E-state index in [1.54, 1.807) is 13.8 Å². The number of halogens is 1. The number of carbonyl (C=O) groups is 1. The van der Waals surface area contributed by atoms with Gasteiger partial charge in [0.25, 0.3) is 0 Å². The highest BCUT2D eigenvalue weighted by atomic mass is 79.9. The van der Waals surface area contributed by atoms with Gasteiger partial charge in [-0.3, -0.25) is 4.79 Å². The van der Waals surface area contributed by atoms with Gasteiger partial charge in [0.15, 0.2) is 0 Å². The molecule has 1 aromatic carbocycles. The lowest BCUT2D eigenvalue weighted by atomic mass is 9.67. The van der Waals surface area contributed by atoms with E-state index >= 15 is 0 Å². The van der Waals surface area contributed by atoms with Gasteiger partial charge in [0, 0.05) is 10.0 Å². The van der Waals surface area contributed by atoms with Crippen molar-refractivity contribution in [1.29, 1.82) is 0 Å². The lowest BCUT2D eigenvalue weighted by Gasteiger charge is -2.40. The molecular formula is C19H23BrO3. The third-order valence-corrected chi connectivity index (χ3v) is 5.43. The van der Waals surface area contributed by atoms with Crippen molar-refractivity contribution in [2.75, 3.05) is 6.61 Å². The fourth-order valence-corrected chi connectivity index (χ4v) is 3.85. The Hall–Kier alpha value is -1.35. The van der Waals surface area contributed by atoms with E-state index in [9.17, 15) is 9.90 Å². The highest BCUT2D eigenvalue weighted by molar-refractivity contribution is 9.10. The van der Waals surface area contributed by atoms with E-state index in [2.05, 4.69) is 28.2 Å². The largest absolute Gasteiger partial charge is 0.465 e. The number of benzene rings is 1. The Labute approximate surface area is 146 Å². The summed E-state index contributed by atoms with van der Waals surface area (Å²) in [4.78, 5) is 12.8. The van der Waals surface area contributed by atoms with Crippen LogP contribution in [0.5, 0.6) is 0 Å². The zero-order chi connectivity index (χ0) is 17.1. The van der Waals surface area contributed by atoms with Crippen LogP contribution in [-0.2, 0) is 16.0 Å². The first-order valence-electron chi connectivity index (χ1n) is 7.91. The number of carbonyl (C=O) groups excluding carboxylic acids is 1. The molecule has 1 aliphatic carbocycles. The molecule has 0 bridgehead atoms. The van der Waals surface area contributed by atoms with Gasteiger partial charge in [-0.2, -0.15) is 0 Å². The number of ether oxygens (including phenoxy) is 1. The molecule has 2 atom stereocenters. The molecule has 124 valence electrons. The summed E-state index contributed by atoms with van der Waals surface area (Å²) in [5.41, 5.74) is 2.17. The van der Waals surface area contributed by atoms with E-state index in [4.69, 9.17) is 4.74 Å². The highest BCUT2D eigenvalue weighted by Gasteiger charge is 2.60. The molecule has 0 spiro atoms. The van der Waals surface area contributed by atoms with Crippen LogP contribution in [0.2, 0.25) is 0 Å². The van der Waals surface area contributed by atoms with Crippen LogP contribution in [0, 0.1) is 5.41 Å². The molecule has 1 aromatic rings. The molecular weight excluding hydrogens is 356 g/mol. The first-order valence-corrected chi connectivity index (χ1v) is 8.70. The predicted molar refractivity (Wildman–Crippen MR) is 94.0 cm³/mol. The minimum atomic E-state index is -1.26. The molecule has 0 amide bonds. The maximum atomic E-state index is 12.8. The second-order valence-electron chi connectivity index (χ2n) is 6.12. The Morgan fingerprint density at radius 1 is 1.39 bits per heavy atom. The van der Waals surface area contributed by atoms with E-state index < -0.39 is 11.0 Å². The maximum Gasteiger partial charge on any atom is 0.315 e. The van der Waals surface area contributed by atoms with Crippen LogP contribution in [0.25, 0.3) is 0 Å². The molecule has 0 aliphatic heterocycles. The number of esters is 1. The van der Waals surface area contributed by atoms with Crippen molar-refractivity contribution >= 4 is 21.9 Å². The summed E-state index contributed by atoms with van der Waals surface area (Å²) in [6.07, 6.45) is 2.33. The molecule has 4 heteroatoms. The van der Waals surface area contributed by atoms with Crippen LogP contribution in [0.15, 0.2) is 46.6 Å². The van der Waals surface area contributed by atoms with Crippen molar-refractivity contribution < 1.29 is 14.6 Å². The van der Waals surface area contributed by atoms with Crippen LogP contribution in [0.4, 0.5) is 0 Å². The molecule has 1 fully saturated rings. The first-order chi connectivity index (χ1) is 10.9. The topological polar surface area (TPSA) is 46.5 Å². The van der Waals surface area contributed by atoms with E-state index in [0.717, 1.165) is 16.5 Å². The normalized spacial score (nSPS) is 26.6. The third kappa shape index (κ3) is 3.16. The Morgan fingerprint density at radius 2 is 2.04 bits per heavy atom. The third-order valence-electron chi connectivity index (χ3n) is 4.90. The van der Waals surface area contributed by atoms with Crippen LogP contribution in [0.3, 0.4) is 0 Å². The maximum absolute atomic E-state index is 12.8. The molecule has 0 saturated heterocycles. The monoisotopic (exact) mass is 378 g/mol. The number of hydrogen-bond acceptors (Lipinski definition) is 3. The first kappa shape index (κ1) is 18.0. The van der Waals surface area contributed by atoms with Gasteiger partial charge in [0.2, 0.25) is 0 Å². The average Bonchev–Trinajstić information content (AvgIpc) is 2.88. The molecule has 0 heterocycles. The van der Waals surface area contributed by atoms with Crippen molar-refractivity contribution in [1.82, 2.24) is 0 Å². The molecule has 3 nitrogen and oxygen atoms in total. The van der Waals surface area contributed by atoms with Crippen LogP contribution in [-0.4, -0.2) is 23.3 Å². The second-order valence-corrected chi connectivity index (χ2v) is 7.04. The molecule has 1 saturated carbocycles. The Balaban J connectivity index is 2.50. The zero-order valence-electron chi connectivity index (χ0n) is 13.7. The molecule has 2 rings (SSSR count). The quantitative estimate of drug-likeness (QED) is 0.617. The SMILES string of the molecule is C=C=C(C)[C@@]1(O)CCC[C@@]1(Cc1ccc(Br)cc1)C(=O)OCC. The van der Waals surface area contributed by atoms with Gasteiger partial charge in [0.1, 0.15) is 11.0 Å². The standard InChI is InChI=1S/C19H23BrO3/c1-4-14(3)19(22)12-6-11-18(19,17(21)23-5-2)13-15-7-9-16(20)10-8-15/h7-10,22H,1,5-6,11-13H2,2-3H3/t18-,19+/m1/s1. The van der Waals surface area contributed by atoms with Gasteiger partial charge in [0.05, 0.1) is 6.61 Å². The highest BCUT2D eigenvalue weighted by Crippen LogP contribution is 2.53. The summed E-state index contributed by atoms with van der Waals surface area (Å²) in [6, 6.07) is 7.82. The molecule has 0 unspecified atom stereocenters. The van der Waals surface area contributed by atoms with Crippen molar-refractivity contribution in [3.05, 3.63) is 52.2 Å². The van der Waals surface area contributed by atoms with Gasteiger partial charge in [-0.25, -0.2) is 0 Å². The van der Waals surface area contributed by atoms with Crippen molar-refractivity contribution in [2.24, 2.45) is 5.41 Å². The minimum Gasteiger partial charge on any atom is -0.465 e. The zero-order valence-corrected chi connectivity index (χ0v) is 15.3. The summed E-state index contributed by atoms with van der Waals surface area (Å²) >= 11 is 3.42. The fourth-order valence-electron chi connectivity index (χ4n) is 3.58. The Morgan fingerprint density at radius 3 is 2.61 bits per heavy atom. The Bertz CT molecular complexity index is 631. The molecule has 1 N–H and O–H groups in total. The van der Waals surface area contributed by atoms with Gasteiger partial charge >= 0.3 is 5.97 Å². The summed E-state index contributed by atoms with van der Waals surface area (Å²) in [5.74, 6) is -0.336. The van der Waals surface area contributed by atoms with Crippen molar-refractivity contribution in [3.8, 4) is 0 Å².